The lowest BCUT2D eigenvalue weighted by Gasteiger charge is -1.98. The molecule has 0 aliphatic rings. The van der Waals surface area contributed by atoms with E-state index in [4.69, 9.17) is 5.41 Å². The van der Waals surface area contributed by atoms with Gasteiger partial charge in [-0.15, -0.1) is 11.8 Å². The van der Waals surface area contributed by atoms with E-state index in [9.17, 15) is 0 Å². The summed E-state index contributed by atoms with van der Waals surface area (Å²) >= 11 is 4.79. The van der Waals surface area contributed by atoms with Gasteiger partial charge in [0.05, 0.1) is 5.04 Å². The number of halogens is 1. The van der Waals surface area contributed by atoms with Gasteiger partial charge >= 0.3 is 0 Å². The first kappa shape index (κ1) is 8.81. The molecule has 0 amide bonds. The van der Waals surface area contributed by atoms with Crippen LogP contribution in [0.3, 0.4) is 0 Å². The maximum absolute atomic E-state index is 7.50. The van der Waals surface area contributed by atoms with Crippen LogP contribution in [-0.4, -0.2) is 11.3 Å². The van der Waals surface area contributed by atoms with E-state index < -0.39 is 0 Å². The third-order valence-corrected chi connectivity index (χ3v) is 2.48. The molecule has 1 rings (SSSR count). The summed E-state index contributed by atoms with van der Waals surface area (Å²) in [6, 6.07) is 7.76. The monoisotopic (exact) mass is 229 g/mol. The first-order valence-electron chi connectivity index (χ1n) is 3.12. The van der Waals surface area contributed by atoms with Crippen LogP contribution in [0.1, 0.15) is 5.56 Å². The highest BCUT2D eigenvalue weighted by Crippen LogP contribution is 2.13. The lowest BCUT2D eigenvalue weighted by molar-refractivity contribution is 1.52. The molecule has 1 nitrogen and oxygen atoms in total. The van der Waals surface area contributed by atoms with E-state index in [1.165, 1.54) is 11.8 Å². The van der Waals surface area contributed by atoms with E-state index in [-0.39, 0.29) is 0 Å². The van der Waals surface area contributed by atoms with Crippen molar-refractivity contribution in [3.63, 3.8) is 0 Å². The molecule has 3 heteroatoms. The second-order valence-electron chi connectivity index (χ2n) is 2.04. The standard InChI is InChI=1S/C8H8BrNS/c1-11-8(10)6-2-4-7(9)5-3-6/h2-5,10H,1H3. The Morgan fingerprint density at radius 2 is 1.91 bits per heavy atom. The largest absolute Gasteiger partial charge is 0.293 e. The lowest BCUT2D eigenvalue weighted by atomic mass is 10.2. The summed E-state index contributed by atoms with van der Waals surface area (Å²) in [6.07, 6.45) is 1.91. The second-order valence-corrected chi connectivity index (χ2v) is 3.77. The van der Waals surface area contributed by atoms with Crippen molar-refractivity contribution >= 4 is 32.7 Å². The third-order valence-electron chi connectivity index (χ3n) is 1.31. The van der Waals surface area contributed by atoms with Crippen molar-refractivity contribution in [1.29, 1.82) is 5.41 Å². The van der Waals surface area contributed by atoms with Gasteiger partial charge in [0, 0.05) is 10.0 Å². The second kappa shape index (κ2) is 3.93. The molecule has 0 saturated heterocycles. The van der Waals surface area contributed by atoms with Crippen LogP contribution in [0.15, 0.2) is 28.7 Å². The molecule has 0 heterocycles. The van der Waals surface area contributed by atoms with Crippen LogP contribution < -0.4 is 0 Å². The molecule has 0 aliphatic carbocycles. The molecule has 11 heavy (non-hydrogen) atoms. The molecule has 0 radical (unpaired) electrons. The normalized spacial score (nSPS) is 9.64. The minimum absolute atomic E-state index is 0.609. The first-order chi connectivity index (χ1) is 5.24. The fraction of sp³-hybridized carbons (Fsp3) is 0.125. The minimum Gasteiger partial charge on any atom is -0.293 e. The zero-order valence-electron chi connectivity index (χ0n) is 6.10. The maximum atomic E-state index is 7.50. The molecule has 1 N–H and O–H groups in total. The molecular formula is C8H8BrNS. The molecular weight excluding hydrogens is 222 g/mol. The summed E-state index contributed by atoms with van der Waals surface area (Å²) in [4.78, 5) is 0. The van der Waals surface area contributed by atoms with Gasteiger partial charge in [-0.05, 0) is 18.4 Å². The van der Waals surface area contributed by atoms with E-state index in [2.05, 4.69) is 15.9 Å². The topological polar surface area (TPSA) is 23.9 Å². The van der Waals surface area contributed by atoms with E-state index in [1.807, 2.05) is 30.5 Å². The highest BCUT2D eigenvalue weighted by molar-refractivity contribution is 9.10. The number of benzene rings is 1. The molecule has 0 spiro atoms. The summed E-state index contributed by atoms with van der Waals surface area (Å²) in [7, 11) is 0. The van der Waals surface area contributed by atoms with Crippen LogP contribution in [0.25, 0.3) is 0 Å². The Labute approximate surface area is 78.8 Å². The zero-order chi connectivity index (χ0) is 8.27. The van der Waals surface area contributed by atoms with Crippen LogP contribution in [-0.2, 0) is 0 Å². The zero-order valence-corrected chi connectivity index (χ0v) is 8.50. The number of hydrogen-bond acceptors (Lipinski definition) is 2. The van der Waals surface area contributed by atoms with Crippen LogP contribution in [0.5, 0.6) is 0 Å². The Bertz CT molecular complexity index is 255. The van der Waals surface area contributed by atoms with Gasteiger partial charge < -0.3 is 0 Å². The van der Waals surface area contributed by atoms with Gasteiger partial charge in [-0.1, -0.05) is 28.1 Å². The molecule has 0 saturated carbocycles. The average molecular weight is 230 g/mol. The Hall–Kier alpha value is -0.280. The predicted molar refractivity (Wildman–Crippen MR) is 54.5 cm³/mol. The smallest absolute Gasteiger partial charge is 0.0939 e. The van der Waals surface area contributed by atoms with E-state index in [1.54, 1.807) is 0 Å². The van der Waals surface area contributed by atoms with Crippen molar-refractivity contribution in [2.24, 2.45) is 0 Å². The van der Waals surface area contributed by atoms with Gasteiger partial charge in [-0.25, -0.2) is 0 Å². The first-order valence-corrected chi connectivity index (χ1v) is 5.14. The average Bonchev–Trinajstić information content (AvgIpc) is 2.05. The molecule has 0 aliphatic heterocycles. The SMILES string of the molecule is CSC(=N)c1ccc(Br)cc1. The van der Waals surface area contributed by atoms with E-state index >= 15 is 0 Å². The van der Waals surface area contributed by atoms with Crippen LogP contribution in [0.4, 0.5) is 0 Å². The Balaban J connectivity index is 2.90. The maximum Gasteiger partial charge on any atom is 0.0939 e. The molecule has 58 valence electrons. The van der Waals surface area contributed by atoms with E-state index in [0.717, 1.165) is 10.0 Å². The molecule has 0 fully saturated rings. The van der Waals surface area contributed by atoms with Gasteiger partial charge in [0.1, 0.15) is 0 Å². The van der Waals surface area contributed by atoms with Crippen LogP contribution >= 0.6 is 27.7 Å². The highest BCUT2D eigenvalue weighted by Gasteiger charge is 1.97. The fourth-order valence-electron chi connectivity index (χ4n) is 0.719. The number of hydrogen-bond donors (Lipinski definition) is 1. The Morgan fingerprint density at radius 1 is 1.36 bits per heavy atom. The van der Waals surface area contributed by atoms with Gasteiger partial charge in [-0.3, -0.25) is 5.41 Å². The van der Waals surface area contributed by atoms with E-state index in [0.29, 0.717) is 5.04 Å². The summed E-state index contributed by atoms with van der Waals surface area (Å²) in [5.41, 5.74) is 0.973. The molecule has 0 atom stereocenters. The highest BCUT2D eigenvalue weighted by atomic mass is 79.9. The number of thioether (sulfide) groups is 1. The van der Waals surface area contributed by atoms with Crippen molar-refractivity contribution in [3.05, 3.63) is 34.3 Å². The van der Waals surface area contributed by atoms with Crippen LogP contribution in [0, 0.1) is 5.41 Å². The van der Waals surface area contributed by atoms with Crippen molar-refractivity contribution < 1.29 is 0 Å². The fourth-order valence-corrected chi connectivity index (χ4v) is 1.36. The summed E-state index contributed by atoms with van der Waals surface area (Å²) in [5, 5.41) is 8.11. The molecule has 1 aromatic rings. The van der Waals surface area contributed by atoms with Crippen LogP contribution in [0.2, 0.25) is 0 Å². The Morgan fingerprint density at radius 3 is 2.36 bits per heavy atom. The molecule has 0 unspecified atom stereocenters. The quantitative estimate of drug-likeness (QED) is 0.581. The summed E-state index contributed by atoms with van der Waals surface area (Å²) in [5.74, 6) is 0. The van der Waals surface area contributed by atoms with Crippen molar-refractivity contribution in [2.45, 2.75) is 0 Å². The summed E-state index contributed by atoms with van der Waals surface area (Å²) in [6.45, 7) is 0. The molecule has 0 bridgehead atoms. The molecule has 1 aromatic carbocycles. The lowest BCUT2D eigenvalue weighted by Crippen LogP contribution is -1.90. The van der Waals surface area contributed by atoms with Gasteiger partial charge in [0.25, 0.3) is 0 Å². The Kier molecular flexibility index (Phi) is 3.15. The predicted octanol–water partition coefficient (Wildman–Crippen LogP) is 3.14. The minimum atomic E-state index is 0.609. The van der Waals surface area contributed by atoms with Crippen molar-refractivity contribution in [3.8, 4) is 0 Å². The molecule has 0 aromatic heterocycles. The number of rotatable bonds is 1. The van der Waals surface area contributed by atoms with Gasteiger partial charge in [-0.2, -0.15) is 0 Å². The van der Waals surface area contributed by atoms with Crippen molar-refractivity contribution in [2.75, 3.05) is 6.26 Å². The summed E-state index contributed by atoms with van der Waals surface area (Å²) < 4.78 is 1.05. The van der Waals surface area contributed by atoms with Crippen molar-refractivity contribution in [1.82, 2.24) is 0 Å². The third kappa shape index (κ3) is 2.34. The van der Waals surface area contributed by atoms with Gasteiger partial charge in [0.15, 0.2) is 0 Å². The number of nitrogens with one attached hydrogen (secondary N) is 1. The van der Waals surface area contributed by atoms with Gasteiger partial charge in [0.2, 0.25) is 0 Å².